The largest absolute Gasteiger partial charge is 0.309 e. The van der Waals surface area contributed by atoms with Crippen LogP contribution in [0.5, 0.6) is 0 Å². The van der Waals surface area contributed by atoms with Crippen LogP contribution in [0.25, 0.3) is 99.5 Å². The molecule has 2 aromatic heterocycles. The predicted octanol–water partition coefficient (Wildman–Crippen LogP) is 20.0. The van der Waals surface area contributed by atoms with Gasteiger partial charge in [0.25, 0.3) is 0 Å². The van der Waals surface area contributed by atoms with Gasteiger partial charge in [0.15, 0.2) is 0 Å². The summed E-state index contributed by atoms with van der Waals surface area (Å²) < 4.78 is 22.6. The highest BCUT2D eigenvalue weighted by atomic mass is 32.3. The zero-order valence-electron chi connectivity index (χ0n) is 44.7. The van der Waals surface area contributed by atoms with Gasteiger partial charge in [-0.05, 0) is 200 Å². The molecule has 0 unspecified atom stereocenters. The predicted molar refractivity (Wildman–Crippen MR) is 321 cm³/mol. The molecule has 0 radical (unpaired) electrons. The molecule has 3 nitrogen and oxygen atoms in total. The minimum absolute atomic E-state index is 0.432. The van der Waals surface area contributed by atoms with Crippen molar-refractivity contribution in [3.63, 3.8) is 0 Å². The van der Waals surface area contributed by atoms with Crippen molar-refractivity contribution in [2.24, 2.45) is 0 Å². The smallest absolute Gasteiger partial charge is 0.0541 e. The molecule has 0 atom stereocenters. The van der Waals surface area contributed by atoms with Crippen molar-refractivity contribution in [2.75, 3.05) is 0 Å². The Morgan fingerprint density at radius 2 is 0.605 bits per heavy atom. The molecule has 2 aliphatic heterocycles. The van der Waals surface area contributed by atoms with Crippen LogP contribution in [-0.2, 0) is 9.07 Å². The van der Waals surface area contributed by atoms with Gasteiger partial charge in [0.05, 0.1) is 22.1 Å². The second-order valence-electron chi connectivity index (χ2n) is 22.9. The summed E-state index contributed by atoms with van der Waals surface area (Å²) >= 11 is 0. The Kier molecular flexibility index (Phi) is 10.2. The molecule has 4 heteroatoms. The molecule has 10 aromatic carbocycles. The van der Waals surface area contributed by atoms with Crippen LogP contribution in [0.2, 0.25) is 0 Å². The van der Waals surface area contributed by atoms with E-state index in [9.17, 15) is 0 Å². The SMILES string of the molecule is CC(C)c1ccc2c(c1)c1cc(C(C)C)ccc1n2-c1cccc(-c2ccc3c(c2)-c2ccccc2S32(=O)c3ccccc3-c3cc(-c4cccc(-n5c6ccc(C(C)C)cc6c6cc(C(C)C)ccc65)c4)ccc32)c1. The first-order valence-electron chi connectivity index (χ1n) is 27.3. The molecule has 372 valence electrons. The quantitative estimate of drug-likeness (QED) is 0.149. The number of nitrogens with zero attached hydrogens (tertiary/aromatic N) is 2. The first-order valence-corrected chi connectivity index (χ1v) is 29.3. The summed E-state index contributed by atoms with van der Waals surface area (Å²) in [7, 11) is -4.10. The van der Waals surface area contributed by atoms with Gasteiger partial charge in [0, 0.05) is 61.6 Å². The van der Waals surface area contributed by atoms with Gasteiger partial charge < -0.3 is 9.13 Å². The highest BCUT2D eigenvalue weighted by Gasteiger charge is 2.57. The van der Waals surface area contributed by atoms with Gasteiger partial charge >= 0.3 is 0 Å². The van der Waals surface area contributed by atoms with Crippen LogP contribution in [-0.4, -0.2) is 13.3 Å². The van der Waals surface area contributed by atoms with E-state index in [1.165, 1.54) is 65.9 Å². The van der Waals surface area contributed by atoms with Crippen molar-refractivity contribution in [1.82, 2.24) is 9.13 Å². The van der Waals surface area contributed by atoms with E-state index in [2.05, 4.69) is 271 Å². The average Bonchev–Trinajstić information content (AvgIpc) is 4.32. The van der Waals surface area contributed by atoms with E-state index in [0.29, 0.717) is 23.7 Å². The van der Waals surface area contributed by atoms with Crippen LogP contribution in [0.3, 0.4) is 0 Å². The van der Waals surface area contributed by atoms with Crippen LogP contribution in [0, 0.1) is 0 Å². The maximum Gasteiger partial charge on any atom is 0.0541 e. The monoisotopic (exact) mass is 1000 g/mol. The Balaban J connectivity index is 0.903. The molecular formula is C72H62N2OS. The molecule has 0 fully saturated rings. The third kappa shape index (κ3) is 6.43. The zero-order chi connectivity index (χ0) is 52.0. The van der Waals surface area contributed by atoms with E-state index < -0.39 is 9.07 Å². The summed E-state index contributed by atoms with van der Waals surface area (Å²) in [5.74, 6) is 1.73. The Morgan fingerprint density at radius 3 is 0.947 bits per heavy atom. The molecule has 0 aliphatic carbocycles. The van der Waals surface area contributed by atoms with Gasteiger partial charge in [0.2, 0.25) is 0 Å². The van der Waals surface area contributed by atoms with Gasteiger partial charge in [-0.3, -0.25) is 4.21 Å². The summed E-state index contributed by atoms with van der Waals surface area (Å²) in [4.78, 5) is 3.55. The fraction of sp³-hybridized carbons (Fsp3) is 0.167. The highest BCUT2D eigenvalue weighted by Crippen LogP contribution is 2.71. The average molecular weight is 1000 g/mol. The van der Waals surface area contributed by atoms with E-state index in [4.69, 9.17) is 0 Å². The summed E-state index contributed by atoms with van der Waals surface area (Å²) in [6, 6.07) is 76.3. The van der Waals surface area contributed by atoms with Gasteiger partial charge in [-0.25, -0.2) is 0 Å². The van der Waals surface area contributed by atoms with E-state index >= 15 is 4.21 Å². The standard InChI is InChI=1S/C72H62N2OS/c1-43(2)47-23-29-65-59(37-47)60-38-48(44(3)4)24-30-66(60)73(65)55-17-13-15-51(35-55)53-27-33-71-63(41-53)57-19-9-11-21-69(57)76(71,75)70-22-12-10-20-58(70)64-42-54(28-34-72(64)76)52-16-14-18-56(36-52)74-67-31-25-49(45(5)6)39-61(67)62-40-50(46(7)8)26-32-68(62)74/h9-46H,1-8H3. The number of hydrogen-bond acceptors (Lipinski definition) is 1. The van der Waals surface area contributed by atoms with Gasteiger partial charge in [0.1, 0.15) is 0 Å². The van der Waals surface area contributed by atoms with Crippen LogP contribution in [0.1, 0.15) is 101 Å². The van der Waals surface area contributed by atoms with Gasteiger partial charge in [-0.15, -0.1) is 0 Å². The highest BCUT2D eigenvalue weighted by molar-refractivity contribution is 8.21. The van der Waals surface area contributed by atoms with E-state index in [1.54, 1.807) is 0 Å². The lowest BCUT2D eigenvalue weighted by Crippen LogP contribution is -2.30. The van der Waals surface area contributed by atoms with E-state index in [-0.39, 0.29) is 0 Å². The van der Waals surface area contributed by atoms with Crippen molar-refractivity contribution in [1.29, 1.82) is 0 Å². The molecule has 0 saturated carbocycles. The molecule has 4 heterocycles. The van der Waals surface area contributed by atoms with Gasteiger partial charge in [-0.1, -0.05) is 152 Å². The number of hydrogen-bond donors (Lipinski definition) is 0. The Hall–Kier alpha value is -8.05. The first-order chi connectivity index (χ1) is 36.8. The van der Waals surface area contributed by atoms with E-state index in [0.717, 1.165) is 75.5 Å². The summed E-state index contributed by atoms with van der Waals surface area (Å²) in [5, 5.41) is 5.15. The molecule has 0 N–H and O–H groups in total. The first kappa shape index (κ1) is 46.5. The van der Waals surface area contributed by atoms with Crippen molar-refractivity contribution >= 4 is 52.7 Å². The van der Waals surface area contributed by atoms with Crippen molar-refractivity contribution in [3.8, 4) is 55.9 Å². The molecule has 0 amide bonds. The minimum atomic E-state index is -4.10. The summed E-state index contributed by atoms with van der Waals surface area (Å²) in [5.41, 5.74) is 21.0. The fourth-order valence-electron chi connectivity index (χ4n) is 13.0. The lowest BCUT2D eigenvalue weighted by molar-refractivity contribution is 0.658. The lowest BCUT2D eigenvalue weighted by Gasteiger charge is -2.38. The van der Waals surface area contributed by atoms with Crippen LogP contribution in [0.4, 0.5) is 0 Å². The molecule has 12 aromatic rings. The molecule has 2 aliphatic rings. The fourth-order valence-corrected chi connectivity index (χ4v) is 18.2. The van der Waals surface area contributed by atoms with E-state index in [1.807, 2.05) is 0 Å². The van der Waals surface area contributed by atoms with Crippen LogP contribution < -0.4 is 0 Å². The Labute approximate surface area is 446 Å². The van der Waals surface area contributed by atoms with Crippen molar-refractivity contribution < 1.29 is 4.21 Å². The molecule has 0 bridgehead atoms. The zero-order valence-corrected chi connectivity index (χ0v) is 45.5. The molecular weight excluding hydrogens is 941 g/mol. The Morgan fingerprint density at radius 1 is 0.289 bits per heavy atom. The second kappa shape index (κ2) is 16.7. The number of benzene rings is 10. The van der Waals surface area contributed by atoms with Crippen molar-refractivity contribution in [2.45, 2.75) is 98.6 Å². The molecule has 14 rings (SSSR count). The second-order valence-corrected chi connectivity index (χ2v) is 26.5. The van der Waals surface area contributed by atoms with Gasteiger partial charge in [-0.2, -0.15) is 0 Å². The number of aromatic nitrogens is 2. The summed E-state index contributed by atoms with van der Waals surface area (Å²) in [6.07, 6.45) is 0. The third-order valence-electron chi connectivity index (χ3n) is 17.2. The van der Waals surface area contributed by atoms with Crippen molar-refractivity contribution in [3.05, 3.63) is 229 Å². The lowest BCUT2D eigenvalue weighted by atomic mass is 9.98. The number of fused-ring (bicyclic) bond motifs is 16. The summed E-state index contributed by atoms with van der Waals surface area (Å²) in [6.45, 7) is 18.2. The maximum atomic E-state index is 17.7. The maximum absolute atomic E-state index is 17.7. The van der Waals surface area contributed by atoms with Crippen LogP contribution in [0.15, 0.2) is 226 Å². The normalized spacial score (nSPS) is 14.6. The van der Waals surface area contributed by atoms with Crippen LogP contribution >= 0.6 is 0 Å². The molecule has 0 saturated heterocycles. The molecule has 1 spiro atoms. The third-order valence-corrected chi connectivity index (χ3v) is 21.9. The Bertz CT molecular complexity index is 4080. The minimum Gasteiger partial charge on any atom is -0.309 e. The topological polar surface area (TPSA) is 26.9 Å². The number of rotatable bonds is 8. The molecule has 76 heavy (non-hydrogen) atoms.